The van der Waals surface area contributed by atoms with Crippen LogP contribution in [-0.4, -0.2) is 83.5 Å². The van der Waals surface area contributed by atoms with Gasteiger partial charge in [0.15, 0.2) is 11.5 Å². The maximum Gasteiger partial charge on any atom is 0.410 e. The first-order valence-electron chi connectivity index (χ1n) is 22.3. The van der Waals surface area contributed by atoms with Gasteiger partial charge in [0.25, 0.3) is 5.69 Å². The highest BCUT2D eigenvalue weighted by atomic mass is 16.7. The van der Waals surface area contributed by atoms with Gasteiger partial charge in [-0.15, -0.1) is 13.2 Å². The number of benzene rings is 3. The summed E-state index contributed by atoms with van der Waals surface area (Å²) < 4.78 is 37.9. The summed E-state index contributed by atoms with van der Waals surface area (Å²) in [4.78, 5) is 33.5. The number of nitro groups is 1. The van der Waals surface area contributed by atoms with Crippen molar-refractivity contribution in [3.8, 4) is 23.0 Å². The van der Waals surface area contributed by atoms with Crippen LogP contribution in [0.1, 0.15) is 74.0 Å². The number of ether oxygens (including phenoxy) is 6. The van der Waals surface area contributed by atoms with E-state index < -0.39 is 28.8 Å². The van der Waals surface area contributed by atoms with Gasteiger partial charge in [-0.2, -0.15) is 0 Å². The molecule has 6 unspecified atom stereocenters. The zero-order chi connectivity index (χ0) is 45.8. The number of carbonyl (C=O) groups excluding carboxylic acids is 1. The molecule has 1 fully saturated rings. The highest BCUT2D eigenvalue weighted by Gasteiger charge is 2.65. The number of rotatable bonds is 24. The molecule has 3 aromatic carbocycles. The summed E-state index contributed by atoms with van der Waals surface area (Å²) in [5, 5.41) is 36.2. The topological polar surface area (TPSA) is 181 Å². The highest BCUT2D eigenvalue weighted by molar-refractivity contribution is 6.03. The van der Waals surface area contributed by atoms with Crippen molar-refractivity contribution < 1.29 is 53.2 Å². The van der Waals surface area contributed by atoms with E-state index in [4.69, 9.17) is 38.4 Å². The Labute approximate surface area is 379 Å². The summed E-state index contributed by atoms with van der Waals surface area (Å²) in [5.74, 6) is -0.0669. The first kappa shape index (κ1) is 46.8. The Morgan fingerprint density at radius 3 is 2.38 bits per heavy atom. The molecule has 0 spiro atoms. The van der Waals surface area contributed by atoms with E-state index >= 15 is 0 Å². The van der Waals surface area contributed by atoms with E-state index in [1.54, 1.807) is 35.3 Å². The minimum atomic E-state index is -1.54. The second-order valence-corrected chi connectivity index (χ2v) is 16.6. The lowest BCUT2D eigenvalue weighted by molar-refractivity contribution is -0.384. The average Bonchev–Trinajstić information content (AvgIpc) is 3.79. The number of oxime groups is 1. The van der Waals surface area contributed by atoms with Gasteiger partial charge in [-0.05, 0) is 103 Å². The Hall–Kier alpha value is -6.16. The molecule has 15 heteroatoms. The van der Waals surface area contributed by atoms with Crippen molar-refractivity contribution in [2.45, 2.75) is 82.3 Å². The molecule has 4 aliphatic rings. The molecular weight excluding hydrogens is 835 g/mol. The number of aliphatic hydroxyl groups excluding tert-OH is 2. The van der Waals surface area contributed by atoms with Crippen LogP contribution in [0.25, 0.3) is 0 Å². The van der Waals surface area contributed by atoms with Crippen molar-refractivity contribution >= 4 is 17.5 Å². The highest BCUT2D eigenvalue weighted by Crippen LogP contribution is 2.62. The quantitative estimate of drug-likeness (QED) is 0.0378. The SMILES string of the molecule is C=CCCOC(=O)N(Cc1ccc2c(c1)OCO2)C1CC(=NOCc2ccc([N+](=O)[O-])cc2)C2=CC(CCCCO)C(CCCCO)C3c4cc(OCC=C)ccc4OC1(OCC=C)C23. The maximum atomic E-state index is 14.8. The van der Waals surface area contributed by atoms with Crippen molar-refractivity contribution in [1.82, 2.24) is 4.90 Å². The molecule has 2 N–H and O–H groups in total. The molecule has 0 radical (unpaired) electrons. The van der Waals surface area contributed by atoms with Crippen LogP contribution in [0, 0.1) is 27.9 Å². The van der Waals surface area contributed by atoms with Crippen LogP contribution < -0.4 is 18.9 Å². The van der Waals surface area contributed by atoms with Gasteiger partial charge in [0.2, 0.25) is 12.6 Å². The van der Waals surface area contributed by atoms with Crippen molar-refractivity contribution in [1.29, 1.82) is 0 Å². The molecule has 15 nitrogen and oxygen atoms in total. The van der Waals surface area contributed by atoms with Gasteiger partial charge in [0.1, 0.15) is 30.8 Å². The van der Waals surface area contributed by atoms with Gasteiger partial charge in [-0.1, -0.05) is 54.9 Å². The summed E-state index contributed by atoms with van der Waals surface area (Å²) in [6.07, 6.45) is 11.5. The summed E-state index contributed by atoms with van der Waals surface area (Å²) in [5.41, 5.74) is 3.71. The van der Waals surface area contributed by atoms with Crippen LogP contribution in [0.5, 0.6) is 23.0 Å². The fraction of sp³-hybridized carbons (Fsp3) is 0.440. The Morgan fingerprint density at radius 1 is 0.908 bits per heavy atom. The van der Waals surface area contributed by atoms with E-state index in [0.717, 1.165) is 42.4 Å². The molecular formula is C50H59N3O12. The average molecular weight is 894 g/mol. The number of carbonyl (C=O) groups is 1. The Kier molecular flexibility index (Phi) is 16.0. The van der Waals surface area contributed by atoms with Crippen LogP contribution in [0.15, 0.2) is 115 Å². The molecule has 3 aromatic rings. The lowest BCUT2D eigenvalue weighted by Gasteiger charge is -2.59. The summed E-state index contributed by atoms with van der Waals surface area (Å²) in [6.45, 7) is 12.4. The van der Waals surface area contributed by atoms with Gasteiger partial charge < -0.3 is 43.5 Å². The lowest BCUT2D eigenvalue weighted by Crippen LogP contribution is -2.70. The van der Waals surface area contributed by atoms with Crippen molar-refractivity contribution in [3.05, 3.63) is 137 Å². The Morgan fingerprint density at radius 2 is 1.65 bits per heavy atom. The number of hydrogen-bond donors (Lipinski definition) is 2. The number of hydrogen-bond acceptors (Lipinski definition) is 13. The number of non-ortho nitro benzene ring substituents is 1. The second kappa shape index (κ2) is 22.2. The first-order chi connectivity index (χ1) is 31.7. The fourth-order valence-electron chi connectivity index (χ4n) is 9.64. The molecule has 0 saturated heterocycles. The van der Waals surface area contributed by atoms with Gasteiger partial charge >= 0.3 is 6.09 Å². The normalized spacial score (nSPS) is 23.0. The number of fused-ring (bicyclic) bond motifs is 3. The lowest BCUT2D eigenvalue weighted by atomic mass is 9.55. The van der Waals surface area contributed by atoms with E-state index in [-0.39, 0.29) is 76.2 Å². The zero-order valence-electron chi connectivity index (χ0n) is 36.7. The number of nitrogens with zero attached hydrogens (tertiary/aromatic N) is 3. The smallest absolute Gasteiger partial charge is 0.410 e. The molecule has 65 heavy (non-hydrogen) atoms. The third kappa shape index (κ3) is 10.5. The zero-order valence-corrected chi connectivity index (χ0v) is 36.7. The standard InChI is InChI=1S/C50H59N3O12/c1-4-7-26-60-49(56)52(31-35-16-20-44-45(27-35)62-33-61-44)46-30-42(51-64-32-34-14-17-37(18-15-34)53(57)58)40-28-36(12-8-10-22-54)39(13-9-11-23-55)47-41-29-38(59-24-5-2)19-21-43(41)65-50(46,48(40)47)63-25-6-3/h4-6,14-21,27-29,36,39,46-48,54-55H,1-3,7-13,22-26,30-33H2. The monoisotopic (exact) mass is 893 g/mol. The van der Waals surface area contributed by atoms with Crippen LogP contribution >= 0.6 is 0 Å². The van der Waals surface area contributed by atoms with E-state index in [1.165, 1.54) is 12.1 Å². The largest absolute Gasteiger partial charge is 0.490 e. The molecule has 1 saturated carbocycles. The van der Waals surface area contributed by atoms with E-state index in [0.29, 0.717) is 60.1 Å². The fourth-order valence-corrected chi connectivity index (χ4v) is 9.64. The number of unbranched alkanes of at least 4 members (excludes halogenated alkanes) is 2. The molecule has 7 rings (SSSR count). The second-order valence-electron chi connectivity index (χ2n) is 16.6. The molecule has 0 aromatic heterocycles. The van der Waals surface area contributed by atoms with Crippen LogP contribution in [-0.2, 0) is 27.5 Å². The Bertz CT molecular complexity index is 2230. The summed E-state index contributed by atoms with van der Waals surface area (Å²) >= 11 is 0. The first-order valence-corrected chi connectivity index (χ1v) is 22.3. The van der Waals surface area contributed by atoms with Crippen LogP contribution in [0.3, 0.4) is 0 Å². The molecule has 2 aliphatic carbocycles. The van der Waals surface area contributed by atoms with E-state index in [1.807, 2.05) is 36.4 Å². The molecule has 1 amide bonds. The van der Waals surface area contributed by atoms with E-state index in [2.05, 4.69) is 25.8 Å². The molecule has 6 atom stereocenters. The molecule has 2 heterocycles. The minimum absolute atomic E-state index is 0.00215. The van der Waals surface area contributed by atoms with Crippen LogP contribution in [0.4, 0.5) is 10.5 Å². The molecule has 346 valence electrons. The third-order valence-electron chi connectivity index (χ3n) is 12.5. The third-order valence-corrected chi connectivity index (χ3v) is 12.5. The van der Waals surface area contributed by atoms with Gasteiger partial charge in [0, 0.05) is 49.8 Å². The number of allylic oxidation sites excluding steroid dienone is 1. The Balaban J connectivity index is 1.44. The summed E-state index contributed by atoms with van der Waals surface area (Å²) in [7, 11) is 0. The predicted molar refractivity (Wildman–Crippen MR) is 243 cm³/mol. The van der Waals surface area contributed by atoms with Gasteiger partial charge in [-0.25, -0.2) is 4.79 Å². The number of nitro benzene ring substituents is 1. The molecule has 2 aliphatic heterocycles. The van der Waals surface area contributed by atoms with Crippen molar-refractivity contribution in [2.24, 2.45) is 22.9 Å². The molecule has 0 bridgehead atoms. The van der Waals surface area contributed by atoms with Gasteiger partial charge in [-0.3, -0.25) is 15.0 Å². The van der Waals surface area contributed by atoms with Crippen LogP contribution in [0.2, 0.25) is 0 Å². The minimum Gasteiger partial charge on any atom is -0.490 e. The maximum absolute atomic E-state index is 14.8. The number of amides is 1. The van der Waals surface area contributed by atoms with Crippen molar-refractivity contribution in [2.75, 3.05) is 39.8 Å². The predicted octanol–water partition coefficient (Wildman–Crippen LogP) is 8.94. The summed E-state index contributed by atoms with van der Waals surface area (Å²) in [6, 6.07) is 16.5. The number of aliphatic hydroxyl groups is 2. The van der Waals surface area contributed by atoms with E-state index in [9.17, 15) is 25.1 Å². The van der Waals surface area contributed by atoms with Crippen molar-refractivity contribution in [3.63, 3.8) is 0 Å². The van der Waals surface area contributed by atoms with Gasteiger partial charge in [0.05, 0.1) is 29.8 Å².